The Hall–Kier alpha value is -2.26. The number of methoxy groups -OCH3 is 1. The van der Waals surface area contributed by atoms with Gasteiger partial charge >= 0.3 is 0 Å². The first kappa shape index (κ1) is 20.5. The lowest BCUT2D eigenvalue weighted by atomic mass is 10.0. The van der Waals surface area contributed by atoms with Crippen molar-refractivity contribution in [2.24, 2.45) is 0 Å². The molecule has 1 aliphatic rings. The van der Waals surface area contributed by atoms with Crippen LogP contribution >= 0.6 is 11.6 Å². The average Bonchev–Trinajstić information content (AvgIpc) is 3.13. The molecule has 2 aromatic rings. The number of halogens is 1. The molecule has 1 aliphatic heterocycles. The lowest BCUT2D eigenvalue weighted by molar-refractivity contribution is 0.0639. The summed E-state index contributed by atoms with van der Waals surface area (Å²) in [6.07, 6.45) is 2.56. The van der Waals surface area contributed by atoms with Crippen LogP contribution in [0.3, 0.4) is 0 Å². The van der Waals surface area contributed by atoms with Crippen molar-refractivity contribution >= 4 is 11.6 Å². The number of β-amino-alcohol motifs (C(OH)–C–C–N with tert-alkyl or cyclic N) is 1. The Morgan fingerprint density at radius 2 is 2.07 bits per heavy atom. The van der Waals surface area contributed by atoms with Crippen LogP contribution in [0.5, 0.6) is 11.5 Å². The first-order valence-electron chi connectivity index (χ1n) is 9.47. The monoisotopic (exact) mass is 400 g/mol. The Morgan fingerprint density at radius 1 is 1.29 bits per heavy atom. The van der Waals surface area contributed by atoms with Crippen molar-refractivity contribution in [3.8, 4) is 17.6 Å². The van der Waals surface area contributed by atoms with E-state index in [4.69, 9.17) is 21.1 Å². The van der Waals surface area contributed by atoms with Gasteiger partial charge in [-0.15, -0.1) is 0 Å². The van der Waals surface area contributed by atoms with Crippen LogP contribution in [0.15, 0.2) is 42.5 Å². The molecule has 0 aliphatic carbocycles. The van der Waals surface area contributed by atoms with Crippen LogP contribution in [0.25, 0.3) is 0 Å². The van der Waals surface area contributed by atoms with Crippen molar-refractivity contribution in [3.05, 3.63) is 58.6 Å². The molecule has 0 amide bonds. The van der Waals surface area contributed by atoms with Crippen LogP contribution in [-0.2, 0) is 6.42 Å². The van der Waals surface area contributed by atoms with Crippen LogP contribution in [0.2, 0.25) is 5.02 Å². The average molecular weight is 401 g/mol. The molecule has 3 rings (SSSR count). The van der Waals surface area contributed by atoms with Gasteiger partial charge in [-0.2, -0.15) is 5.26 Å². The fourth-order valence-electron chi connectivity index (χ4n) is 3.64. The Morgan fingerprint density at radius 3 is 2.79 bits per heavy atom. The second-order valence-corrected chi connectivity index (χ2v) is 7.44. The van der Waals surface area contributed by atoms with Crippen molar-refractivity contribution in [2.45, 2.75) is 31.4 Å². The first-order valence-corrected chi connectivity index (χ1v) is 9.85. The number of rotatable bonds is 8. The smallest absolute Gasteiger partial charge is 0.138 e. The highest BCUT2D eigenvalue weighted by Crippen LogP contribution is 2.26. The summed E-state index contributed by atoms with van der Waals surface area (Å²) in [6.45, 7) is 1.64. The molecule has 1 unspecified atom stereocenters. The van der Waals surface area contributed by atoms with Crippen molar-refractivity contribution < 1.29 is 14.6 Å². The topological polar surface area (TPSA) is 65.7 Å². The minimum absolute atomic E-state index is 0.126. The summed E-state index contributed by atoms with van der Waals surface area (Å²) in [4.78, 5) is 2.32. The molecule has 148 valence electrons. The van der Waals surface area contributed by atoms with E-state index in [1.165, 1.54) is 5.56 Å². The largest absolute Gasteiger partial charge is 0.497 e. The van der Waals surface area contributed by atoms with E-state index in [-0.39, 0.29) is 6.61 Å². The second-order valence-electron chi connectivity index (χ2n) is 7.03. The quantitative estimate of drug-likeness (QED) is 0.732. The molecule has 2 aromatic carbocycles. The number of benzene rings is 2. The van der Waals surface area contributed by atoms with Crippen LogP contribution in [0.4, 0.5) is 0 Å². The maximum atomic E-state index is 10.5. The summed E-state index contributed by atoms with van der Waals surface area (Å²) in [5.74, 6) is 1.27. The Bertz CT molecular complexity index is 820. The number of nitrogens with zero attached hydrogens (tertiary/aromatic N) is 2. The zero-order valence-corrected chi connectivity index (χ0v) is 16.7. The third-order valence-corrected chi connectivity index (χ3v) is 5.41. The Kier molecular flexibility index (Phi) is 7.16. The van der Waals surface area contributed by atoms with Gasteiger partial charge in [0.25, 0.3) is 0 Å². The third kappa shape index (κ3) is 5.17. The standard InChI is InChI=1S/C22H25ClN2O3/c1-27-19-9-7-16(8-10-19)12-17-4-3-11-25(17)14-18(26)15-28-22-6-2-5-21(23)20(22)13-24/h2,5-10,17-18,26H,3-4,11-12,14-15H2,1H3/t17-,18?/m0/s1. The normalized spacial score (nSPS) is 17.9. The minimum atomic E-state index is -0.637. The molecule has 28 heavy (non-hydrogen) atoms. The van der Waals surface area contributed by atoms with Crippen LogP contribution < -0.4 is 9.47 Å². The van der Waals surface area contributed by atoms with Crippen molar-refractivity contribution in [1.29, 1.82) is 5.26 Å². The number of nitriles is 1. The van der Waals surface area contributed by atoms with E-state index in [1.807, 2.05) is 18.2 Å². The number of aliphatic hydroxyl groups excluding tert-OH is 1. The molecule has 1 N–H and O–H groups in total. The number of ether oxygens (including phenoxy) is 2. The number of aliphatic hydroxyl groups is 1. The minimum Gasteiger partial charge on any atom is -0.497 e. The molecule has 1 heterocycles. The summed E-state index contributed by atoms with van der Waals surface area (Å²) in [7, 11) is 1.67. The summed E-state index contributed by atoms with van der Waals surface area (Å²) in [5.41, 5.74) is 1.57. The molecular weight excluding hydrogens is 376 g/mol. The van der Waals surface area contributed by atoms with Gasteiger partial charge in [0.1, 0.15) is 35.8 Å². The maximum absolute atomic E-state index is 10.5. The van der Waals surface area contributed by atoms with Gasteiger partial charge in [-0.3, -0.25) is 4.90 Å². The van der Waals surface area contributed by atoms with Crippen LogP contribution in [0, 0.1) is 11.3 Å². The highest BCUT2D eigenvalue weighted by molar-refractivity contribution is 6.31. The Labute approximate surface area is 171 Å². The molecule has 6 heteroatoms. The van der Waals surface area contributed by atoms with E-state index < -0.39 is 6.10 Å². The van der Waals surface area contributed by atoms with Crippen molar-refractivity contribution in [1.82, 2.24) is 4.90 Å². The fraction of sp³-hybridized carbons (Fsp3) is 0.409. The zero-order valence-electron chi connectivity index (χ0n) is 16.0. The van der Waals surface area contributed by atoms with Gasteiger partial charge in [0.05, 0.1) is 12.1 Å². The summed E-state index contributed by atoms with van der Waals surface area (Å²) >= 11 is 6.02. The van der Waals surface area contributed by atoms with Crippen molar-refractivity contribution in [2.75, 3.05) is 26.8 Å². The predicted octanol–water partition coefficient (Wildman–Crippen LogP) is 3.67. The highest BCUT2D eigenvalue weighted by Gasteiger charge is 2.26. The van der Waals surface area contributed by atoms with Crippen LogP contribution in [0.1, 0.15) is 24.0 Å². The molecule has 0 bridgehead atoms. The molecule has 0 aromatic heterocycles. The van der Waals surface area contributed by atoms with E-state index >= 15 is 0 Å². The molecule has 1 saturated heterocycles. The summed E-state index contributed by atoms with van der Waals surface area (Å²) < 4.78 is 10.9. The molecule has 0 spiro atoms. The molecular formula is C22H25ClN2O3. The van der Waals surface area contributed by atoms with E-state index in [0.29, 0.717) is 28.9 Å². The van der Waals surface area contributed by atoms with E-state index in [1.54, 1.807) is 25.3 Å². The van der Waals surface area contributed by atoms with E-state index in [0.717, 1.165) is 31.6 Å². The van der Waals surface area contributed by atoms with Gasteiger partial charge in [-0.25, -0.2) is 0 Å². The van der Waals surface area contributed by atoms with E-state index in [9.17, 15) is 10.4 Å². The fourth-order valence-corrected chi connectivity index (χ4v) is 3.85. The lowest BCUT2D eigenvalue weighted by Gasteiger charge is -2.27. The first-order chi connectivity index (χ1) is 13.6. The maximum Gasteiger partial charge on any atom is 0.138 e. The SMILES string of the molecule is COc1ccc(C[C@@H]2CCCN2CC(O)COc2cccc(Cl)c2C#N)cc1. The molecule has 0 radical (unpaired) electrons. The summed E-state index contributed by atoms with van der Waals surface area (Å²) in [5, 5.41) is 20.0. The van der Waals surface area contributed by atoms with Crippen LogP contribution in [-0.4, -0.2) is 49.0 Å². The third-order valence-electron chi connectivity index (χ3n) is 5.09. The molecule has 2 atom stereocenters. The van der Waals surface area contributed by atoms with Gasteiger partial charge in [0, 0.05) is 12.6 Å². The summed E-state index contributed by atoms with van der Waals surface area (Å²) in [6, 6.07) is 15.7. The lowest BCUT2D eigenvalue weighted by Crippen LogP contribution is -2.39. The number of likely N-dealkylation sites (tertiary alicyclic amines) is 1. The highest BCUT2D eigenvalue weighted by atomic mass is 35.5. The number of hydrogen-bond donors (Lipinski definition) is 1. The predicted molar refractivity (Wildman–Crippen MR) is 109 cm³/mol. The van der Waals surface area contributed by atoms with Gasteiger partial charge in [-0.05, 0) is 55.6 Å². The zero-order chi connectivity index (χ0) is 19.9. The van der Waals surface area contributed by atoms with E-state index in [2.05, 4.69) is 17.0 Å². The molecule has 0 saturated carbocycles. The molecule has 5 nitrogen and oxygen atoms in total. The van der Waals surface area contributed by atoms with Gasteiger partial charge in [0.2, 0.25) is 0 Å². The molecule has 1 fully saturated rings. The van der Waals surface area contributed by atoms with Crippen molar-refractivity contribution in [3.63, 3.8) is 0 Å². The van der Waals surface area contributed by atoms with Gasteiger partial charge in [0.15, 0.2) is 0 Å². The second kappa shape index (κ2) is 9.79. The van der Waals surface area contributed by atoms with Gasteiger partial charge in [-0.1, -0.05) is 29.8 Å². The number of hydrogen-bond acceptors (Lipinski definition) is 5. The Balaban J connectivity index is 1.53. The van der Waals surface area contributed by atoms with Gasteiger partial charge < -0.3 is 14.6 Å².